The summed E-state index contributed by atoms with van der Waals surface area (Å²) in [5.74, 6) is -3.27. The summed E-state index contributed by atoms with van der Waals surface area (Å²) in [7, 11) is 0. The van der Waals surface area contributed by atoms with Crippen molar-refractivity contribution in [2.24, 2.45) is 0 Å². The van der Waals surface area contributed by atoms with Gasteiger partial charge in [-0.05, 0) is 24.6 Å². The fraction of sp³-hybridized carbons (Fsp3) is 0.308. The summed E-state index contributed by atoms with van der Waals surface area (Å²) in [5.41, 5.74) is 1.50. The molecule has 3 aliphatic rings. The number of rotatable bonds is 5. The normalized spacial score (nSPS) is 20.7. The van der Waals surface area contributed by atoms with E-state index in [2.05, 4.69) is 25.0 Å². The van der Waals surface area contributed by atoms with Crippen LogP contribution in [-0.2, 0) is 4.74 Å². The maximum absolute atomic E-state index is 15.3. The fourth-order valence-corrected chi connectivity index (χ4v) is 5.85. The van der Waals surface area contributed by atoms with Crippen LogP contribution in [-0.4, -0.2) is 62.4 Å². The van der Waals surface area contributed by atoms with E-state index in [0.717, 1.165) is 0 Å². The highest BCUT2D eigenvalue weighted by Gasteiger charge is 2.51. The number of halogens is 6. The Hall–Kier alpha value is -4.44. The number of ether oxygens (including phenoxy) is 2. The average Bonchev–Trinajstić information content (AvgIpc) is 3.37. The Morgan fingerprint density at radius 2 is 1.86 bits per heavy atom. The SMILES string of the molecule is O=C1N[C@@H]2C[C@H](c3c(OC(F)F)cccc31)n1c2nc2cc(F)c(-c3cnc(N4CC(O)(OC(F)(F)F)C4)nc3)cc21. The third-order valence-corrected chi connectivity index (χ3v) is 7.47. The Morgan fingerprint density at radius 3 is 2.55 bits per heavy atom. The lowest BCUT2D eigenvalue weighted by Gasteiger charge is -2.45. The molecule has 1 amide bonds. The molecule has 42 heavy (non-hydrogen) atoms. The molecule has 2 aromatic heterocycles. The molecule has 3 aliphatic heterocycles. The minimum atomic E-state index is -5.02. The molecule has 7 rings (SSSR count). The molecule has 218 valence electrons. The monoisotopic (exact) mass is 592 g/mol. The van der Waals surface area contributed by atoms with Crippen LogP contribution in [0.4, 0.5) is 32.3 Å². The van der Waals surface area contributed by atoms with Gasteiger partial charge >= 0.3 is 13.0 Å². The minimum absolute atomic E-state index is 0.00452. The Labute approximate surface area is 231 Å². The average molecular weight is 592 g/mol. The summed E-state index contributed by atoms with van der Waals surface area (Å²) < 4.78 is 89.5. The maximum atomic E-state index is 15.3. The Kier molecular flexibility index (Phi) is 5.69. The predicted molar refractivity (Wildman–Crippen MR) is 131 cm³/mol. The summed E-state index contributed by atoms with van der Waals surface area (Å²) in [5, 5.41) is 12.7. The zero-order chi connectivity index (χ0) is 29.6. The number of anilines is 1. The number of hydrogen-bond donors (Lipinski definition) is 2. The fourth-order valence-electron chi connectivity index (χ4n) is 5.85. The highest BCUT2D eigenvalue weighted by Crippen LogP contribution is 2.48. The van der Waals surface area contributed by atoms with Crippen molar-refractivity contribution in [2.75, 3.05) is 18.0 Å². The summed E-state index contributed by atoms with van der Waals surface area (Å²) in [4.78, 5) is 26.9. The van der Waals surface area contributed by atoms with Crippen LogP contribution in [0, 0.1) is 5.82 Å². The number of nitrogens with zero attached hydrogens (tertiary/aromatic N) is 5. The van der Waals surface area contributed by atoms with Crippen molar-refractivity contribution >= 4 is 22.9 Å². The van der Waals surface area contributed by atoms with E-state index in [1.54, 1.807) is 4.57 Å². The first-order valence-electron chi connectivity index (χ1n) is 12.6. The van der Waals surface area contributed by atoms with Crippen molar-refractivity contribution in [2.45, 2.75) is 37.3 Å². The number of aliphatic hydroxyl groups is 1. The summed E-state index contributed by atoms with van der Waals surface area (Å²) in [6, 6.07) is 5.84. The van der Waals surface area contributed by atoms with E-state index in [1.165, 1.54) is 47.6 Å². The summed E-state index contributed by atoms with van der Waals surface area (Å²) >= 11 is 0. The van der Waals surface area contributed by atoms with Gasteiger partial charge in [0.05, 0.1) is 36.2 Å². The lowest BCUT2D eigenvalue weighted by atomic mass is 9.97. The van der Waals surface area contributed by atoms with Crippen LogP contribution in [0.25, 0.3) is 22.2 Å². The van der Waals surface area contributed by atoms with Crippen molar-refractivity contribution in [1.82, 2.24) is 24.8 Å². The highest BCUT2D eigenvalue weighted by molar-refractivity contribution is 5.98. The molecule has 0 spiro atoms. The second kappa shape index (κ2) is 9.03. The van der Waals surface area contributed by atoms with E-state index in [-0.39, 0.29) is 39.5 Å². The van der Waals surface area contributed by atoms with Gasteiger partial charge in [0.2, 0.25) is 11.7 Å². The molecule has 16 heteroatoms. The predicted octanol–water partition coefficient (Wildman–Crippen LogP) is 4.06. The smallest absolute Gasteiger partial charge is 0.434 e. The Bertz CT molecular complexity index is 1740. The molecule has 2 aromatic carbocycles. The molecular weight excluding hydrogens is 574 g/mol. The van der Waals surface area contributed by atoms with Crippen molar-refractivity contribution in [3.8, 4) is 16.9 Å². The van der Waals surface area contributed by atoms with E-state index in [0.29, 0.717) is 17.8 Å². The zero-order valence-corrected chi connectivity index (χ0v) is 21.1. The number of amides is 1. The number of carbonyl (C=O) groups is 1. The number of nitrogens with one attached hydrogen (secondary N) is 1. The molecule has 0 aliphatic carbocycles. The topological polar surface area (TPSA) is 115 Å². The highest BCUT2D eigenvalue weighted by atomic mass is 19.4. The van der Waals surface area contributed by atoms with Gasteiger partial charge < -0.3 is 24.6 Å². The lowest BCUT2D eigenvalue weighted by Crippen LogP contribution is -2.65. The van der Waals surface area contributed by atoms with E-state index in [1.807, 2.05) is 0 Å². The third kappa shape index (κ3) is 4.28. The molecule has 0 saturated carbocycles. The van der Waals surface area contributed by atoms with Gasteiger partial charge in [-0.15, -0.1) is 13.2 Å². The van der Waals surface area contributed by atoms with Crippen molar-refractivity contribution in [1.29, 1.82) is 0 Å². The van der Waals surface area contributed by atoms with Crippen molar-refractivity contribution in [3.63, 3.8) is 0 Å². The van der Waals surface area contributed by atoms with Crippen LogP contribution < -0.4 is 15.0 Å². The van der Waals surface area contributed by atoms with Crippen LogP contribution in [0.1, 0.15) is 40.3 Å². The number of imidazole rings is 1. The lowest BCUT2D eigenvalue weighted by molar-refractivity contribution is -0.413. The molecule has 2 bridgehead atoms. The molecular formula is C26H18F6N6O4. The van der Waals surface area contributed by atoms with Gasteiger partial charge in [-0.2, -0.15) is 8.78 Å². The Balaban J connectivity index is 1.24. The van der Waals surface area contributed by atoms with Crippen LogP contribution in [0.5, 0.6) is 5.75 Å². The minimum Gasteiger partial charge on any atom is -0.434 e. The number of carbonyl (C=O) groups excluding carboxylic acids is 1. The van der Waals surface area contributed by atoms with Crippen molar-refractivity contribution in [3.05, 3.63) is 65.5 Å². The van der Waals surface area contributed by atoms with E-state index in [9.17, 15) is 31.9 Å². The molecule has 1 fully saturated rings. The van der Waals surface area contributed by atoms with E-state index >= 15 is 4.39 Å². The first-order valence-corrected chi connectivity index (χ1v) is 12.6. The van der Waals surface area contributed by atoms with Gasteiger partial charge in [-0.25, -0.2) is 19.3 Å². The van der Waals surface area contributed by atoms with Crippen LogP contribution in [0.15, 0.2) is 42.7 Å². The number of β-amino-alcohol motifs (C(OH)–C–C–N with tert-alkyl or cyclic N) is 1. The second-order valence-electron chi connectivity index (χ2n) is 10.2. The van der Waals surface area contributed by atoms with E-state index in [4.69, 9.17) is 4.74 Å². The van der Waals surface area contributed by atoms with Gasteiger partial charge in [0.25, 0.3) is 5.91 Å². The number of hydrogen-bond acceptors (Lipinski definition) is 8. The summed E-state index contributed by atoms with van der Waals surface area (Å²) in [6.45, 7) is -4.16. The van der Waals surface area contributed by atoms with Gasteiger partial charge in [-0.1, -0.05) is 6.07 Å². The molecule has 5 heterocycles. The standard InChI is InChI=1S/C26H18F6N6O4/c27-14-5-15-17(4-13(14)11-7-33-24(34-8-11)37-9-25(40,10-37)42-26(30,31)32)38-18-6-16(21(38)35-15)36-22(39)12-2-1-3-19(20(12)18)41-23(28)29/h1-5,7-8,16,18,23,40H,6,9-10H2,(H,36,39)/t16-,18-/m1/s1. The maximum Gasteiger partial charge on any atom is 0.525 e. The molecule has 2 N–H and O–H groups in total. The second-order valence-corrected chi connectivity index (χ2v) is 10.2. The molecule has 0 unspecified atom stereocenters. The van der Waals surface area contributed by atoms with Crippen LogP contribution in [0.2, 0.25) is 0 Å². The number of aromatic nitrogens is 4. The third-order valence-electron chi connectivity index (χ3n) is 7.47. The Morgan fingerprint density at radius 1 is 1.12 bits per heavy atom. The first-order chi connectivity index (χ1) is 19.9. The molecule has 10 nitrogen and oxygen atoms in total. The molecule has 2 atom stereocenters. The number of fused-ring (bicyclic) bond motifs is 9. The van der Waals surface area contributed by atoms with Gasteiger partial charge in [-0.3, -0.25) is 9.53 Å². The van der Waals surface area contributed by atoms with E-state index < -0.39 is 55.7 Å². The summed E-state index contributed by atoms with van der Waals surface area (Å²) in [6.07, 6.45) is -2.14. The zero-order valence-electron chi connectivity index (χ0n) is 21.1. The molecule has 0 radical (unpaired) electrons. The molecule has 4 aromatic rings. The quantitative estimate of drug-likeness (QED) is 0.264. The van der Waals surface area contributed by atoms with Crippen LogP contribution in [0.3, 0.4) is 0 Å². The first kappa shape index (κ1) is 26.5. The van der Waals surface area contributed by atoms with Crippen molar-refractivity contribution < 1.29 is 45.7 Å². The number of alkyl halides is 5. The molecule has 1 saturated heterocycles. The number of benzene rings is 2. The van der Waals surface area contributed by atoms with Gasteiger partial charge in [0.15, 0.2) is 0 Å². The van der Waals surface area contributed by atoms with Gasteiger partial charge in [0.1, 0.15) is 17.4 Å². The van der Waals surface area contributed by atoms with Gasteiger partial charge in [0, 0.05) is 40.7 Å². The van der Waals surface area contributed by atoms with Crippen LogP contribution >= 0.6 is 0 Å². The largest absolute Gasteiger partial charge is 0.525 e.